The van der Waals surface area contributed by atoms with Gasteiger partial charge >= 0.3 is 0 Å². The number of thiazole rings is 1. The summed E-state index contributed by atoms with van der Waals surface area (Å²) in [5.74, 6) is 0. The Balaban J connectivity index is 2.14. The molecule has 0 spiro atoms. The fraction of sp³-hybridized carbons (Fsp3) is 0.667. The van der Waals surface area contributed by atoms with Crippen LogP contribution in [0.1, 0.15) is 15.9 Å². The van der Waals surface area contributed by atoms with Crippen molar-refractivity contribution in [3.63, 3.8) is 0 Å². The molecule has 72 valence electrons. The molecule has 4 heteroatoms. The third kappa shape index (κ3) is 1.90. The Morgan fingerprint density at radius 3 is 3.15 bits per heavy atom. The Morgan fingerprint density at radius 1 is 1.69 bits per heavy atom. The molecule has 0 bridgehead atoms. The summed E-state index contributed by atoms with van der Waals surface area (Å²) in [5, 5.41) is 4.57. The van der Waals surface area contributed by atoms with E-state index in [1.54, 1.807) is 11.3 Å². The van der Waals surface area contributed by atoms with Gasteiger partial charge in [-0.3, -0.25) is 4.90 Å². The van der Waals surface area contributed by atoms with Crippen LogP contribution in [0.2, 0.25) is 0 Å². The van der Waals surface area contributed by atoms with Crippen molar-refractivity contribution in [1.82, 2.24) is 15.2 Å². The quantitative estimate of drug-likeness (QED) is 0.729. The molecule has 13 heavy (non-hydrogen) atoms. The molecular weight excluding hydrogens is 182 g/mol. The first-order valence-corrected chi connectivity index (χ1v) is 5.42. The Labute approximate surface area is 82.8 Å². The molecule has 0 aromatic carbocycles. The van der Waals surface area contributed by atoms with Crippen molar-refractivity contribution in [2.45, 2.75) is 13.0 Å². The normalized spacial score (nSPS) is 24.9. The highest BCUT2D eigenvalue weighted by molar-refractivity contribution is 7.11. The van der Waals surface area contributed by atoms with Crippen molar-refractivity contribution in [3.8, 4) is 0 Å². The Morgan fingerprint density at radius 2 is 2.54 bits per heavy atom. The van der Waals surface area contributed by atoms with Gasteiger partial charge in [-0.25, -0.2) is 4.98 Å². The third-order valence-electron chi connectivity index (χ3n) is 2.48. The molecule has 0 saturated carbocycles. The number of piperazine rings is 1. The topological polar surface area (TPSA) is 28.2 Å². The van der Waals surface area contributed by atoms with Crippen LogP contribution in [0.25, 0.3) is 0 Å². The highest BCUT2D eigenvalue weighted by atomic mass is 32.1. The van der Waals surface area contributed by atoms with E-state index >= 15 is 0 Å². The predicted molar refractivity (Wildman–Crippen MR) is 55.1 cm³/mol. The smallest absolute Gasteiger partial charge is 0.0897 e. The summed E-state index contributed by atoms with van der Waals surface area (Å²) in [7, 11) is 2.18. The van der Waals surface area contributed by atoms with Gasteiger partial charge < -0.3 is 5.32 Å². The molecule has 0 aliphatic carbocycles. The lowest BCUT2D eigenvalue weighted by atomic mass is 10.2. The summed E-state index contributed by atoms with van der Waals surface area (Å²) in [6.45, 7) is 5.34. The maximum absolute atomic E-state index is 4.29. The van der Waals surface area contributed by atoms with E-state index in [9.17, 15) is 0 Å². The average Bonchev–Trinajstić information content (AvgIpc) is 2.53. The van der Waals surface area contributed by atoms with Crippen molar-refractivity contribution in [2.24, 2.45) is 0 Å². The molecule has 1 aromatic heterocycles. The van der Waals surface area contributed by atoms with Crippen molar-refractivity contribution < 1.29 is 0 Å². The minimum atomic E-state index is 0.528. The molecule has 2 rings (SSSR count). The molecule has 1 N–H and O–H groups in total. The van der Waals surface area contributed by atoms with Gasteiger partial charge in [-0.05, 0) is 14.0 Å². The number of aromatic nitrogens is 1. The van der Waals surface area contributed by atoms with Gasteiger partial charge in [-0.1, -0.05) is 0 Å². The summed E-state index contributed by atoms with van der Waals surface area (Å²) in [6, 6.07) is 0.528. The van der Waals surface area contributed by atoms with Crippen molar-refractivity contribution >= 4 is 11.3 Å². The predicted octanol–water partition coefficient (Wildman–Crippen LogP) is 1.03. The van der Waals surface area contributed by atoms with Gasteiger partial charge in [0, 0.05) is 30.7 Å². The monoisotopic (exact) mass is 197 g/mol. The maximum Gasteiger partial charge on any atom is 0.0897 e. The second-order valence-corrected chi connectivity index (χ2v) is 4.75. The molecule has 3 nitrogen and oxygen atoms in total. The molecule has 0 amide bonds. The van der Waals surface area contributed by atoms with E-state index in [0.717, 1.165) is 24.6 Å². The minimum Gasteiger partial charge on any atom is -0.314 e. The van der Waals surface area contributed by atoms with Crippen LogP contribution in [-0.2, 0) is 0 Å². The van der Waals surface area contributed by atoms with Crippen molar-refractivity contribution in [1.29, 1.82) is 0 Å². The van der Waals surface area contributed by atoms with Crippen LogP contribution < -0.4 is 5.32 Å². The van der Waals surface area contributed by atoms with Gasteiger partial charge in [-0.15, -0.1) is 11.3 Å². The van der Waals surface area contributed by atoms with Crippen LogP contribution in [0.3, 0.4) is 0 Å². The largest absolute Gasteiger partial charge is 0.314 e. The number of likely N-dealkylation sites (N-methyl/N-ethyl adjacent to an activating group) is 1. The van der Waals surface area contributed by atoms with Crippen LogP contribution in [0.15, 0.2) is 6.20 Å². The average molecular weight is 197 g/mol. The van der Waals surface area contributed by atoms with Crippen LogP contribution in [0.4, 0.5) is 0 Å². The molecule has 1 aliphatic heterocycles. The zero-order valence-corrected chi connectivity index (χ0v) is 8.90. The lowest BCUT2D eigenvalue weighted by Gasteiger charge is -2.31. The van der Waals surface area contributed by atoms with E-state index in [1.807, 2.05) is 6.20 Å². The number of nitrogens with zero attached hydrogens (tertiary/aromatic N) is 2. The fourth-order valence-corrected chi connectivity index (χ4v) is 2.61. The minimum absolute atomic E-state index is 0.528. The van der Waals surface area contributed by atoms with Crippen LogP contribution in [0.5, 0.6) is 0 Å². The zero-order valence-electron chi connectivity index (χ0n) is 8.08. The van der Waals surface area contributed by atoms with Crippen molar-refractivity contribution in [3.05, 3.63) is 16.1 Å². The van der Waals surface area contributed by atoms with Crippen LogP contribution in [0, 0.1) is 6.92 Å². The number of hydrogen-bond donors (Lipinski definition) is 1. The molecule has 1 aliphatic rings. The molecule has 1 aromatic rings. The molecule has 1 unspecified atom stereocenters. The maximum atomic E-state index is 4.29. The molecule has 1 saturated heterocycles. The molecule has 1 fully saturated rings. The van der Waals surface area contributed by atoms with Crippen LogP contribution in [-0.4, -0.2) is 36.6 Å². The number of aryl methyl sites for hydroxylation is 1. The molecule has 1 atom stereocenters. The lowest BCUT2D eigenvalue weighted by Crippen LogP contribution is -2.43. The van der Waals surface area contributed by atoms with E-state index < -0.39 is 0 Å². The summed E-state index contributed by atoms with van der Waals surface area (Å²) in [4.78, 5) is 8.06. The Kier molecular flexibility index (Phi) is 2.62. The number of nitrogens with one attached hydrogen (secondary N) is 1. The number of rotatable bonds is 1. The lowest BCUT2D eigenvalue weighted by molar-refractivity contribution is 0.205. The van der Waals surface area contributed by atoms with E-state index in [1.165, 1.54) is 4.88 Å². The van der Waals surface area contributed by atoms with Crippen molar-refractivity contribution in [2.75, 3.05) is 26.7 Å². The molecule has 0 radical (unpaired) electrons. The first-order valence-electron chi connectivity index (χ1n) is 4.60. The van der Waals surface area contributed by atoms with Gasteiger partial charge in [0.15, 0.2) is 0 Å². The fourth-order valence-electron chi connectivity index (χ4n) is 1.66. The number of hydrogen-bond acceptors (Lipinski definition) is 4. The first kappa shape index (κ1) is 9.12. The summed E-state index contributed by atoms with van der Waals surface area (Å²) >= 11 is 1.81. The van der Waals surface area contributed by atoms with E-state index in [0.29, 0.717) is 6.04 Å². The zero-order chi connectivity index (χ0) is 9.26. The second kappa shape index (κ2) is 3.74. The van der Waals surface area contributed by atoms with Crippen LogP contribution >= 0.6 is 11.3 Å². The first-order chi connectivity index (χ1) is 6.27. The van der Waals surface area contributed by atoms with E-state index in [4.69, 9.17) is 0 Å². The highest BCUT2D eigenvalue weighted by Crippen LogP contribution is 2.25. The van der Waals surface area contributed by atoms with Gasteiger partial charge in [0.2, 0.25) is 0 Å². The van der Waals surface area contributed by atoms with Gasteiger partial charge in [-0.2, -0.15) is 0 Å². The van der Waals surface area contributed by atoms with E-state index in [2.05, 4.69) is 29.2 Å². The molecule has 2 heterocycles. The van der Waals surface area contributed by atoms with Gasteiger partial charge in [0.25, 0.3) is 0 Å². The summed E-state index contributed by atoms with van der Waals surface area (Å²) in [5.41, 5.74) is 0. The second-order valence-electron chi connectivity index (χ2n) is 3.48. The molecular formula is C9H15N3S. The Bertz CT molecular complexity index is 284. The Hall–Kier alpha value is -0.450. The summed E-state index contributed by atoms with van der Waals surface area (Å²) in [6.07, 6.45) is 2.01. The van der Waals surface area contributed by atoms with Gasteiger partial charge in [0.1, 0.15) is 0 Å². The van der Waals surface area contributed by atoms with E-state index in [-0.39, 0.29) is 0 Å². The SMILES string of the molecule is Cc1ncc(C2CNCCN2C)s1. The third-order valence-corrected chi connectivity index (χ3v) is 3.49. The van der Waals surface area contributed by atoms with Gasteiger partial charge in [0.05, 0.1) is 11.0 Å². The summed E-state index contributed by atoms with van der Waals surface area (Å²) < 4.78 is 0. The standard InChI is InChI=1S/C9H15N3S/c1-7-11-6-9(13-7)8-5-10-3-4-12(8)2/h6,8,10H,3-5H2,1-2H3. The highest BCUT2D eigenvalue weighted by Gasteiger charge is 2.21.